The molecule has 3 rings (SSSR count). The van der Waals surface area contributed by atoms with Crippen LogP contribution >= 0.6 is 0 Å². The molecule has 0 atom stereocenters. The van der Waals surface area contributed by atoms with Crippen molar-refractivity contribution in [3.8, 4) is 11.1 Å². The molecule has 0 aliphatic carbocycles. The van der Waals surface area contributed by atoms with Gasteiger partial charge in [0.25, 0.3) is 0 Å². The predicted octanol–water partition coefficient (Wildman–Crippen LogP) is 4.24. The number of nitrogens with one attached hydrogen (secondary N) is 1. The summed E-state index contributed by atoms with van der Waals surface area (Å²) in [6.45, 7) is 9.03. The molecule has 3 nitrogen and oxygen atoms in total. The SMILES string of the molecule is CC(C)(CO)CNCc1ccc(F)c(-c2cccc(CCN3CCCC3)c2)c1. The lowest BCUT2D eigenvalue weighted by Crippen LogP contribution is -2.31. The average Bonchev–Trinajstić information content (AvgIpc) is 3.21. The van der Waals surface area contributed by atoms with Gasteiger partial charge in [-0.15, -0.1) is 0 Å². The molecule has 152 valence electrons. The lowest BCUT2D eigenvalue weighted by atomic mass is 9.95. The predicted molar refractivity (Wildman–Crippen MR) is 114 cm³/mol. The van der Waals surface area contributed by atoms with Crippen LogP contribution in [-0.2, 0) is 13.0 Å². The minimum absolute atomic E-state index is 0.138. The highest BCUT2D eigenvalue weighted by Crippen LogP contribution is 2.25. The normalized spacial score (nSPS) is 15.3. The third-order valence-corrected chi connectivity index (χ3v) is 5.54. The van der Waals surface area contributed by atoms with Crippen LogP contribution in [0.5, 0.6) is 0 Å². The molecule has 2 aromatic carbocycles. The van der Waals surface area contributed by atoms with Gasteiger partial charge >= 0.3 is 0 Å². The number of hydrogen-bond acceptors (Lipinski definition) is 3. The molecule has 4 heteroatoms. The van der Waals surface area contributed by atoms with Gasteiger partial charge in [0.05, 0.1) is 0 Å². The monoisotopic (exact) mass is 384 g/mol. The summed E-state index contributed by atoms with van der Waals surface area (Å²) in [6, 6.07) is 13.6. The Morgan fingerprint density at radius 3 is 2.61 bits per heavy atom. The van der Waals surface area contributed by atoms with E-state index in [4.69, 9.17) is 0 Å². The van der Waals surface area contributed by atoms with E-state index >= 15 is 0 Å². The minimum atomic E-state index is -0.184. The minimum Gasteiger partial charge on any atom is -0.396 e. The maximum absolute atomic E-state index is 14.5. The Morgan fingerprint density at radius 2 is 1.86 bits per heavy atom. The van der Waals surface area contributed by atoms with Gasteiger partial charge in [-0.1, -0.05) is 44.2 Å². The van der Waals surface area contributed by atoms with Crippen molar-refractivity contribution in [1.29, 1.82) is 0 Å². The highest BCUT2D eigenvalue weighted by atomic mass is 19.1. The van der Waals surface area contributed by atoms with Gasteiger partial charge in [-0.3, -0.25) is 0 Å². The van der Waals surface area contributed by atoms with Crippen LogP contribution in [0.3, 0.4) is 0 Å². The summed E-state index contributed by atoms with van der Waals surface area (Å²) in [6.07, 6.45) is 3.62. The fourth-order valence-electron chi connectivity index (χ4n) is 3.69. The highest BCUT2D eigenvalue weighted by Gasteiger charge is 2.16. The highest BCUT2D eigenvalue weighted by molar-refractivity contribution is 5.65. The van der Waals surface area contributed by atoms with Crippen molar-refractivity contribution < 1.29 is 9.50 Å². The number of benzene rings is 2. The zero-order chi connectivity index (χ0) is 20.0. The van der Waals surface area contributed by atoms with Crippen LogP contribution in [0, 0.1) is 11.2 Å². The number of aliphatic hydroxyl groups is 1. The first kappa shape index (κ1) is 21.0. The third-order valence-electron chi connectivity index (χ3n) is 5.54. The number of halogens is 1. The Kier molecular flexibility index (Phi) is 7.22. The van der Waals surface area contributed by atoms with Crippen molar-refractivity contribution in [2.75, 3.05) is 32.8 Å². The van der Waals surface area contributed by atoms with Crippen molar-refractivity contribution in [3.05, 3.63) is 59.4 Å². The van der Waals surface area contributed by atoms with Crippen molar-refractivity contribution >= 4 is 0 Å². The first-order valence-corrected chi connectivity index (χ1v) is 10.4. The van der Waals surface area contributed by atoms with Crippen LogP contribution in [0.1, 0.15) is 37.8 Å². The van der Waals surface area contributed by atoms with E-state index in [1.807, 2.05) is 38.1 Å². The van der Waals surface area contributed by atoms with E-state index in [1.165, 1.54) is 31.5 Å². The summed E-state index contributed by atoms with van der Waals surface area (Å²) < 4.78 is 14.5. The van der Waals surface area contributed by atoms with E-state index in [0.29, 0.717) is 18.7 Å². The molecule has 0 unspecified atom stereocenters. The Balaban J connectivity index is 1.67. The lowest BCUT2D eigenvalue weighted by Gasteiger charge is -2.22. The summed E-state index contributed by atoms with van der Waals surface area (Å²) in [4.78, 5) is 2.51. The van der Waals surface area contributed by atoms with E-state index < -0.39 is 0 Å². The molecule has 28 heavy (non-hydrogen) atoms. The van der Waals surface area contributed by atoms with E-state index in [-0.39, 0.29) is 17.8 Å². The van der Waals surface area contributed by atoms with E-state index in [9.17, 15) is 9.50 Å². The second-order valence-electron chi connectivity index (χ2n) is 8.74. The molecule has 0 spiro atoms. The van der Waals surface area contributed by atoms with Gasteiger partial charge in [0.2, 0.25) is 0 Å². The van der Waals surface area contributed by atoms with Gasteiger partial charge in [0, 0.05) is 37.2 Å². The molecule has 1 aliphatic rings. The molecule has 0 amide bonds. The van der Waals surface area contributed by atoms with E-state index in [2.05, 4.69) is 22.3 Å². The Hall–Kier alpha value is -1.75. The molecule has 0 radical (unpaired) electrons. The first-order chi connectivity index (χ1) is 13.5. The van der Waals surface area contributed by atoms with Crippen LogP contribution in [0.15, 0.2) is 42.5 Å². The summed E-state index contributed by atoms with van der Waals surface area (Å²) in [5.74, 6) is -0.184. The average molecular weight is 385 g/mol. The molecule has 1 heterocycles. The van der Waals surface area contributed by atoms with Crippen molar-refractivity contribution in [2.24, 2.45) is 5.41 Å². The smallest absolute Gasteiger partial charge is 0.131 e. The standard InChI is InChI=1S/C24H33FN2O/c1-24(2,18-28)17-26-16-20-8-9-23(25)22(15-20)21-7-5-6-19(14-21)10-13-27-11-3-4-12-27/h5-9,14-15,26,28H,3-4,10-13,16-18H2,1-2H3. The van der Waals surface area contributed by atoms with Gasteiger partial charge in [-0.05, 0) is 61.2 Å². The number of nitrogens with zero attached hydrogens (tertiary/aromatic N) is 1. The zero-order valence-electron chi connectivity index (χ0n) is 17.2. The second-order valence-corrected chi connectivity index (χ2v) is 8.74. The number of rotatable bonds is 9. The van der Waals surface area contributed by atoms with E-state index in [0.717, 1.165) is 24.1 Å². The van der Waals surface area contributed by atoms with E-state index in [1.54, 1.807) is 6.07 Å². The maximum atomic E-state index is 14.5. The maximum Gasteiger partial charge on any atom is 0.131 e. The molecule has 2 N–H and O–H groups in total. The molecule has 2 aromatic rings. The summed E-state index contributed by atoms with van der Waals surface area (Å²) in [5.41, 5.74) is 3.74. The number of hydrogen-bond donors (Lipinski definition) is 2. The number of aliphatic hydroxyl groups excluding tert-OH is 1. The summed E-state index contributed by atoms with van der Waals surface area (Å²) in [7, 11) is 0. The van der Waals surface area contributed by atoms with Crippen molar-refractivity contribution in [3.63, 3.8) is 0 Å². The van der Waals surface area contributed by atoms with Gasteiger partial charge in [0.1, 0.15) is 5.82 Å². The van der Waals surface area contributed by atoms with Crippen LogP contribution in [0.4, 0.5) is 4.39 Å². The third kappa shape index (κ3) is 5.87. The quantitative estimate of drug-likeness (QED) is 0.679. The van der Waals surface area contributed by atoms with Crippen LogP contribution in [0.2, 0.25) is 0 Å². The lowest BCUT2D eigenvalue weighted by molar-refractivity contribution is 0.156. The Bertz CT molecular complexity index is 769. The topological polar surface area (TPSA) is 35.5 Å². The van der Waals surface area contributed by atoms with Crippen LogP contribution in [0.25, 0.3) is 11.1 Å². The Labute approximate surface area is 168 Å². The second kappa shape index (κ2) is 9.64. The molecule has 1 fully saturated rings. The summed E-state index contributed by atoms with van der Waals surface area (Å²) in [5, 5.41) is 12.7. The molecule has 1 aliphatic heterocycles. The van der Waals surface area contributed by atoms with Crippen molar-refractivity contribution in [1.82, 2.24) is 10.2 Å². The molecular weight excluding hydrogens is 351 g/mol. The van der Waals surface area contributed by atoms with Gasteiger partial charge in [-0.2, -0.15) is 0 Å². The molecule has 0 saturated carbocycles. The summed E-state index contributed by atoms with van der Waals surface area (Å²) >= 11 is 0. The fourth-order valence-corrected chi connectivity index (χ4v) is 3.69. The van der Waals surface area contributed by atoms with Crippen LogP contribution < -0.4 is 5.32 Å². The molecule has 1 saturated heterocycles. The largest absolute Gasteiger partial charge is 0.396 e. The Morgan fingerprint density at radius 1 is 1.07 bits per heavy atom. The molecule has 0 bridgehead atoms. The number of likely N-dealkylation sites (tertiary alicyclic amines) is 1. The molecule has 0 aromatic heterocycles. The van der Waals surface area contributed by atoms with Crippen LogP contribution in [-0.4, -0.2) is 42.8 Å². The van der Waals surface area contributed by atoms with Crippen molar-refractivity contribution in [2.45, 2.75) is 39.7 Å². The van der Waals surface area contributed by atoms with Gasteiger partial charge < -0.3 is 15.3 Å². The van der Waals surface area contributed by atoms with Gasteiger partial charge in [0.15, 0.2) is 0 Å². The zero-order valence-corrected chi connectivity index (χ0v) is 17.2. The van der Waals surface area contributed by atoms with Gasteiger partial charge in [-0.25, -0.2) is 4.39 Å². The first-order valence-electron chi connectivity index (χ1n) is 10.4. The fraction of sp³-hybridized carbons (Fsp3) is 0.500. The molecular formula is C24H33FN2O.